The van der Waals surface area contributed by atoms with Crippen molar-refractivity contribution < 1.29 is 4.74 Å². The van der Waals surface area contributed by atoms with Gasteiger partial charge in [-0.15, -0.1) is 35.3 Å². The minimum atomic E-state index is 0. The van der Waals surface area contributed by atoms with E-state index in [1.165, 1.54) is 24.3 Å². The summed E-state index contributed by atoms with van der Waals surface area (Å²) in [5.74, 6) is 1.56. The SMILES string of the molecule is CCNC(=NCC1CCCN(Cc2cccs2)C1)NCCOCC.I. The van der Waals surface area contributed by atoms with Crippen molar-refractivity contribution in [2.45, 2.75) is 33.2 Å². The molecule has 0 aromatic carbocycles. The first kappa shape index (κ1) is 22.7. The van der Waals surface area contributed by atoms with E-state index in [0.717, 1.165) is 51.9 Å². The smallest absolute Gasteiger partial charge is 0.191 e. The Bertz CT molecular complexity index is 470. The molecule has 0 saturated carbocycles. The topological polar surface area (TPSA) is 48.9 Å². The van der Waals surface area contributed by atoms with E-state index in [9.17, 15) is 0 Å². The number of hydrogen-bond donors (Lipinski definition) is 2. The number of rotatable bonds is 9. The van der Waals surface area contributed by atoms with E-state index in [1.54, 1.807) is 0 Å². The van der Waals surface area contributed by atoms with Gasteiger partial charge >= 0.3 is 0 Å². The molecule has 2 rings (SSSR count). The first-order chi connectivity index (χ1) is 11.8. The fourth-order valence-electron chi connectivity index (χ4n) is 3.01. The highest BCUT2D eigenvalue weighted by Gasteiger charge is 2.20. The van der Waals surface area contributed by atoms with Crippen molar-refractivity contribution in [2.75, 3.05) is 45.9 Å². The quantitative estimate of drug-likeness (QED) is 0.247. The van der Waals surface area contributed by atoms with Crippen LogP contribution in [0.15, 0.2) is 22.5 Å². The van der Waals surface area contributed by atoms with Crippen molar-refractivity contribution in [3.63, 3.8) is 0 Å². The van der Waals surface area contributed by atoms with Crippen LogP contribution in [0.4, 0.5) is 0 Å². The number of thiophene rings is 1. The van der Waals surface area contributed by atoms with Gasteiger partial charge in [0.05, 0.1) is 6.61 Å². The summed E-state index contributed by atoms with van der Waals surface area (Å²) in [7, 11) is 0. The number of likely N-dealkylation sites (tertiary alicyclic amines) is 1. The Morgan fingerprint density at radius 1 is 1.40 bits per heavy atom. The molecule has 1 unspecified atom stereocenters. The first-order valence-corrected chi connectivity index (χ1v) is 10.0. The van der Waals surface area contributed by atoms with Gasteiger partial charge in [-0.2, -0.15) is 0 Å². The second kappa shape index (κ2) is 13.8. The number of halogens is 1. The Balaban J connectivity index is 0.00000312. The van der Waals surface area contributed by atoms with Gasteiger partial charge in [-0.25, -0.2) is 0 Å². The fourth-order valence-corrected chi connectivity index (χ4v) is 3.76. The standard InChI is InChI=1S/C18H32N4OS.HI/c1-3-19-18(20-9-11-23-4-2)21-13-16-7-5-10-22(14-16)15-17-8-6-12-24-17;/h6,8,12,16H,3-5,7,9-11,13-15H2,1-2H3,(H2,19,20,21);1H. The zero-order valence-electron chi connectivity index (χ0n) is 15.5. The third-order valence-corrected chi connectivity index (χ3v) is 5.02. The summed E-state index contributed by atoms with van der Waals surface area (Å²) in [4.78, 5) is 8.82. The van der Waals surface area contributed by atoms with Gasteiger partial charge in [0.25, 0.3) is 0 Å². The van der Waals surface area contributed by atoms with E-state index >= 15 is 0 Å². The average Bonchev–Trinajstić information content (AvgIpc) is 3.10. The molecule has 2 heterocycles. The third kappa shape index (κ3) is 9.21. The maximum absolute atomic E-state index is 5.37. The summed E-state index contributed by atoms with van der Waals surface area (Å²) in [5.41, 5.74) is 0. The molecule has 7 heteroatoms. The number of guanidine groups is 1. The van der Waals surface area contributed by atoms with Gasteiger partial charge in [-0.05, 0) is 50.6 Å². The molecule has 0 spiro atoms. The van der Waals surface area contributed by atoms with Gasteiger partial charge < -0.3 is 15.4 Å². The van der Waals surface area contributed by atoms with E-state index in [4.69, 9.17) is 9.73 Å². The largest absolute Gasteiger partial charge is 0.380 e. The lowest BCUT2D eigenvalue weighted by Crippen LogP contribution is -2.40. The molecular formula is C18H33IN4OS. The third-order valence-electron chi connectivity index (χ3n) is 4.16. The van der Waals surface area contributed by atoms with Gasteiger partial charge in [0.1, 0.15) is 0 Å². The summed E-state index contributed by atoms with van der Waals surface area (Å²) in [5, 5.41) is 8.83. The molecule has 1 saturated heterocycles. The lowest BCUT2D eigenvalue weighted by atomic mass is 9.98. The average molecular weight is 480 g/mol. The van der Waals surface area contributed by atoms with Gasteiger partial charge in [0, 0.05) is 44.2 Å². The van der Waals surface area contributed by atoms with Crippen LogP contribution >= 0.6 is 35.3 Å². The predicted molar refractivity (Wildman–Crippen MR) is 118 cm³/mol. The molecule has 144 valence electrons. The van der Waals surface area contributed by atoms with Crippen LogP contribution in [0.2, 0.25) is 0 Å². The normalized spacial score (nSPS) is 18.6. The number of hydrogen-bond acceptors (Lipinski definition) is 4. The molecule has 1 aromatic heterocycles. The molecule has 0 radical (unpaired) electrons. The predicted octanol–water partition coefficient (Wildman–Crippen LogP) is 3.17. The summed E-state index contributed by atoms with van der Waals surface area (Å²) in [6.07, 6.45) is 2.56. The lowest BCUT2D eigenvalue weighted by Gasteiger charge is -2.31. The van der Waals surface area contributed by atoms with Crippen LogP contribution in [0.1, 0.15) is 31.6 Å². The Kier molecular flexibility index (Phi) is 12.5. The number of nitrogens with one attached hydrogen (secondary N) is 2. The van der Waals surface area contributed by atoms with Gasteiger partial charge in [-0.3, -0.25) is 9.89 Å². The minimum absolute atomic E-state index is 0. The monoisotopic (exact) mass is 480 g/mol. The van der Waals surface area contributed by atoms with Crippen LogP contribution in [0, 0.1) is 5.92 Å². The summed E-state index contributed by atoms with van der Waals surface area (Å²) in [6, 6.07) is 4.38. The zero-order valence-corrected chi connectivity index (χ0v) is 18.6. The van der Waals surface area contributed by atoms with E-state index in [0.29, 0.717) is 5.92 Å². The Labute approximate surface area is 173 Å². The minimum Gasteiger partial charge on any atom is -0.380 e. The zero-order chi connectivity index (χ0) is 17.0. The molecule has 0 amide bonds. The molecule has 1 atom stereocenters. The molecular weight excluding hydrogens is 447 g/mol. The number of aliphatic imine (C=N–C) groups is 1. The van der Waals surface area contributed by atoms with Gasteiger partial charge in [0.2, 0.25) is 0 Å². The van der Waals surface area contributed by atoms with Gasteiger partial charge in [-0.1, -0.05) is 6.07 Å². The first-order valence-electron chi connectivity index (χ1n) is 9.16. The van der Waals surface area contributed by atoms with E-state index in [-0.39, 0.29) is 24.0 Å². The highest BCUT2D eigenvalue weighted by atomic mass is 127. The van der Waals surface area contributed by atoms with E-state index < -0.39 is 0 Å². The molecule has 1 aromatic rings. The number of piperidine rings is 1. The van der Waals surface area contributed by atoms with Crippen molar-refractivity contribution in [3.05, 3.63) is 22.4 Å². The van der Waals surface area contributed by atoms with Crippen LogP contribution in [0.3, 0.4) is 0 Å². The van der Waals surface area contributed by atoms with Crippen molar-refractivity contribution in [3.8, 4) is 0 Å². The molecule has 5 nitrogen and oxygen atoms in total. The van der Waals surface area contributed by atoms with Crippen LogP contribution < -0.4 is 10.6 Å². The summed E-state index contributed by atoms with van der Waals surface area (Å²) < 4.78 is 5.37. The molecule has 1 fully saturated rings. The summed E-state index contributed by atoms with van der Waals surface area (Å²) in [6.45, 7) is 11.6. The Morgan fingerprint density at radius 2 is 2.28 bits per heavy atom. The molecule has 0 aliphatic carbocycles. The van der Waals surface area contributed by atoms with E-state index in [2.05, 4.69) is 40.0 Å². The van der Waals surface area contributed by atoms with Gasteiger partial charge in [0.15, 0.2) is 5.96 Å². The van der Waals surface area contributed by atoms with Crippen molar-refractivity contribution in [2.24, 2.45) is 10.9 Å². The van der Waals surface area contributed by atoms with Crippen LogP contribution in [-0.4, -0.2) is 56.8 Å². The van der Waals surface area contributed by atoms with Crippen LogP contribution in [0.5, 0.6) is 0 Å². The maximum Gasteiger partial charge on any atom is 0.191 e. The second-order valence-corrected chi connectivity index (χ2v) is 7.20. The molecule has 1 aliphatic rings. The second-order valence-electron chi connectivity index (χ2n) is 6.17. The fraction of sp³-hybridized carbons (Fsp3) is 0.722. The molecule has 0 bridgehead atoms. The van der Waals surface area contributed by atoms with Crippen molar-refractivity contribution in [1.82, 2.24) is 15.5 Å². The molecule has 2 N–H and O–H groups in total. The molecule has 25 heavy (non-hydrogen) atoms. The summed E-state index contributed by atoms with van der Waals surface area (Å²) >= 11 is 1.85. The molecule has 1 aliphatic heterocycles. The van der Waals surface area contributed by atoms with Crippen LogP contribution in [0.25, 0.3) is 0 Å². The van der Waals surface area contributed by atoms with Crippen molar-refractivity contribution in [1.29, 1.82) is 0 Å². The number of nitrogens with zero attached hydrogens (tertiary/aromatic N) is 2. The lowest BCUT2D eigenvalue weighted by molar-refractivity contribution is 0.152. The Hall–Kier alpha value is -0.380. The Morgan fingerprint density at radius 3 is 3.00 bits per heavy atom. The van der Waals surface area contributed by atoms with Crippen molar-refractivity contribution >= 4 is 41.3 Å². The van der Waals surface area contributed by atoms with Crippen LogP contribution in [-0.2, 0) is 11.3 Å². The highest BCUT2D eigenvalue weighted by molar-refractivity contribution is 14.0. The van der Waals surface area contributed by atoms with E-state index in [1.807, 2.05) is 18.3 Å². The number of ether oxygens (including phenoxy) is 1. The highest BCUT2D eigenvalue weighted by Crippen LogP contribution is 2.20. The maximum atomic E-state index is 5.37.